The fourth-order valence-corrected chi connectivity index (χ4v) is 2.99. The van der Waals surface area contributed by atoms with E-state index in [0.29, 0.717) is 0 Å². The molecule has 94 valence electrons. The zero-order chi connectivity index (χ0) is 11.9. The van der Waals surface area contributed by atoms with Gasteiger partial charge in [0.05, 0.1) is 0 Å². The smallest absolute Gasteiger partial charge is 0.00234 e. The molecule has 1 aromatic rings. The molecule has 1 aliphatic rings. The Balaban J connectivity index is 1.53. The zero-order valence-corrected chi connectivity index (χ0v) is 11.6. The molecule has 1 unspecified atom stereocenters. The Morgan fingerprint density at radius 3 is 2.94 bits per heavy atom. The first-order valence-electron chi connectivity index (χ1n) is 6.69. The van der Waals surface area contributed by atoms with E-state index in [1.165, 1.54) is 44.5 Å². The van der Waals surface area contributed by atoms with Gasteiger partial charge in [0.15, 0.2) is 0 Å². The Hall–Kier alpha value is -0.470. The van der Waals surface area contributed by atoms with Gasteiger partial charge < -0.3 is 5.32 Å². The molecule has 1 nitrogen and oxygen atoms in total. The van der Waals surface area contributed by atoms with Crippen LogP contribution >= 0.6 is 11.8 Å². The van der Waals surface area contributed by atoms with Gasteiger partial charge in [-0.3, -0.25) is 0 Å². The van der Waals surface area contributed by atoms with Crippen molar-refractivity contribution < 1.29 is 0 Å². The molecule has 1 atom stereocenters. The largest absolute Gasteiger partial charge is 0.316 e. The summed E-state index contributed by atoms with van der Waals surface area (Å²) in [6.45, 7) is 2.35. The molecule has 0 aromatic heterocycles. The van der Waals surface area contributed by atoms with Gasteiger partial charge in [0.2, 0.25) is 0 Å². The van der Waals surface area contributed by atoms with Gasteiger partial charge in [-0.25, -0.2) is 0 Å². The molecule has 1 aliphatic carbocycles. The second-order valence-electron chi connectivity index (χ2n) is 4.86. The SMILES string of the molecule is CSCCCCCNCC1Cc2ccccc21. The lowest BCUT2D eigenvalue weighted by atomic mass is 9.77. The van der Waals surface area contributed by atoms with Crippen molar-refractivity contribution in [2.75, 3.05) is 25.1 Å². The monoisotopic (exact) mass is 249 g/mol. The number of thioether (sulfide) groups is 1. The van der Waals surface area contributed by atoms with Crippen LogP contribution in [0.2, 0.25) is 0 Å². The first kappa shape index (κ1) is 13.0. The van der Waals surface area contributed by atoms with E-state index in [2.05, 4.69) is 35.8 Å². The van der Waals surface area contributed by atoms with Gasteiger partial charge in [0, 0.05) is 12.5 Å². The molecule has 0 aliphatic heterocycles. The van der Waals surface area contributed by atoms with Gasteiger partial charge in [0.25, 0.3) is 0 Å². The van der Waals surface area contributed by atoms with E-state index in [1.807, 2.05) is 11.8 Å². The summed E-state index contributed by atoms with van der Waals surface area (Å²) in [4.78, 5) is 0. The van der Waals surface area contributed by atoms with Crippen LogP contribution in [-0.4, -0.2) is 25.1 Å². The third-order valence-corrected chi connectivity index (χ3v) is 4.25. The Morgan fingerprint density at radius 1 is 1.24 bits per heavy atom. The molecule has 0 fully saturated rings. The summed E-state index contributed by atoms with van der Waals surface area (Å²) < 4.78 is 0. The van der Waals surface area contributed by atoms with Crippen molar-refractivity contribution >= 4 is 11.8 Å². The van der Waals surface area contributed by atoms with E-state index >= 15 is 0 Å². The molecular formula is C15H23NS. The summed E-state index contributed by atoms with van der Waals surface area (Å²) in [7, 11) is 0. The van der Waals surface area contributed by atoms with Crippen LogP contribution in [0, 0.1) is 0 Å². The zero-order valence-electron chi connectivity index (χ0n) is 10.7. The van der Waals surface area contributed by atoms with Crippen LogP contribution < -0.4 is 5.32 Å². The van der Waals surface area contributed by atoms with E-state index in [9.17, 15) is 0 Å². The van der Waals surface area contributed by atoms with Gasteiger partial charge in [-0.1, -0.05) is 30.7 Å². The maximum atomic E-state index is 3.60. The number of nitrogens with one attached hydrogen (secondary N) is 1. The number of hydrogen-bond donors (Lipinski definition) is 1. The fraction of sp³-hybridized carbons (Fsp3) is 0.600. The number of fused-ring (bicyclic) bond motifs is 1. The van der Waals surface area contributed by atoms with Gasteiger partial charge in [-0.05, 0) is 48.9 Å². The highest BCUT2D eigenvalue weighted by molar-refractivity contribution is 7.98. The predicted molar refractivity (Wildman–Crippen MR) is 78.0 cm³/mol. The second kappa shape index (κ2) is 7.07. The second-order valence-corrected chi connectivity index (χ2v) is 5.84. The van der Waals surface area contributed by atoms with Crippen molar-refractivity contribution in [2.24, 2.45) is 0 Å². The Bertz CT molecular complexity index is 337. The molecule has 2 rings (SSSR count). The summed E-state index contributed by atoms with van der Waals surface area (Å²) in [5.74, 6) is 2.09. The van der Waals surface area contributed by atoms with Gasteiger partial charge in [-0.2, -0.15) is 11.8 Å². The average Bonchev–Trinajstić information content (AvgIpc) is 2.33. The Labute approximate surface area is 109 Å². The van der Waals surface area contributed by atoms with Crippen molar-refractivity contribution in [1.29, 1.82) is 0 Å². The lowest BCUT2D eigenvalue weighted by Gasteiger charge is -2.30. The van der Waals surface area contributed by atoms with Crippen molar-refractivity contribution in [3.8, 4) is 0 Å². The van der Waals surface area contributed by atoms with Crippen LogP contribution in [-0.2, 0) is 6.42 Å². The molecule has 1 aromatic carbocycles. The lowest BCUT2D eigenvalue weighted by molar-refractivity contribution is 0.522. The van der Waals surface area contributed by atoms with Gasteiger partial charge >= 0.3 is 0 Å². The maximum Gasteiger partial charge on any atom is 0.00234 e. The molecule has 0 saturated carbocycles. The highest BCUT2D eigenvalue weighted by Crippen LogP contribution is 2.33. The van der Waals surface area contributed by atoms with Gasteiger partial charge in [0.1, 0.15) is 0 Å². The molecule has 0 bridgehead atoms. The average molecular weight is 249 g/mol. The minimum absolute atomic E-state index is 0.775. The summed E-state index contributed by atoms with van der Waals surface area (Å²) in [5.41, 5.74) is 3.13. The Kier molecular flexibility index (Phi) is 5.40. The third-order valence-electron chi connectivity index (χ3n) is 3.55. The topological polar surface area (TPSA) is 12.0 Å². The third kappa shape index (κ3) is 3.75. The maximum absolute atomic E-state index is 3.60. The first-order valence-corrected chi connectivity index (χ1v) is 8.08. The number of hydrogen-bond acceptors (Lipinski definition) is 2. The van der Waals surface area contributed by atoms with Crippen LogP contribution in [0.15, 0.2) is 24.3 Å². The van der Waals surface area contributed by atoms with E-state index in [1.54, 1.807) is 11.1 Å². The highest BCUT2D eigenvalue weighted by atomic mass is 32.2. The number of rotatable bonds is 8. The standard InChI is InChI=1S/C15H23NS/c1-17-10-6-2-5-9-16-12-14-11-13-7-3-4-8-15(13)14/h3-4,7-8,14,16H,2,5-6,9-12H2,1H3. The molecule has 0 radical (unpaired) electrons. The van der Waals surface area contributed by atoms with Crippen LogP contribution in [0.3, 0.4) is 0 Å². The summed E-state index contributed by atoms with van der Waals surface area (Å²) in [5, 5.41) is 3.60. The molecule has 0 saturated heterocycles. The predicted octanol–water partition coefficient (Wildman–Crippen LogP) is 3.45. The van der Waals surface area contributed by atoms with Crippen molar-refractivity contribution in [3.05, 3.63) is 35.4 Å². The Morgan fingerprint density at radius 2 is 2.12 bits per heavy atom. The summed E-state index contributed by atoms with van der Waals surface area (Å²) >= 11 is 1.95. The van der Waals surface area contributed by atoms with Gasteiger partial charge in [-0.15, -0.1) is 0 Å². The summed E-state index contributed by atoms with van der Waals surface area (Å²) in [6, 6.07) is 8.85. The molecule has 2 heteroatoms. The van der Waals surface area contributed by atoms with Crippen molar-refractivity contribution in [2.45, 2.75) is 31.6 Å². The van der Waals surface area contributed by atoms with Crippen LogP contribution in [0.4, 0.5) is 0 Å². The van der Waals surface area contributed by atoms with E-state index in [0.717, 1.165) is 5.92 Å². The quantitative estimate of drug-likeness (QED) is 0.708. The molecule has 0 heterocycles. The van der Waals surface area contributed by atoms with E-state index < -0.39 is 0 Å². The molecule has 17 heavy (non-hydrogen) atoms. The van der Waals surface area contributed by atoms with E-state index in [-0.39, 0.29) is 0 Å². The lowest BCUT2D eigenvalue weighted by Crippen LogP contribution is -2.29. The fourth-order valence-electron chi connectivity index (χ4n) is 2.49. The number of benzene rings is 1. The van der Waals surface area contributed by atoms with Crippen molar-refractivity contribution in [1.82, 2.24) is 5.32 Å². The minimum atomic E-state index is 0.775. The highest BCUT2D eigenvalue weighted by Gasteiger charge is 2.24. The summed E-state index contributed by atoms with van der Waals surface area (Å²) in [6.07, 6.45) is 7.53. The van der Waals surface area contributed by atoms with Crippen LogP contribution in [0.25, 0.3) is 0 Å². The number of unbranched alkanes of at least 4 members (excludes halogenated alkanes) is 2. The molecule has 1 N–H and O–H groups in total. The minimum Gasteiger partial charge on any atom is -0.316 e. The molecular weight excluding hydrogens is 226 g/mol. The van der Waals surface area contributed by atoms with E-state index in [4.69, 9.17) is 0 Å². The molecule has 0 amide bonds. The first-order chi connectivity index (χ1) is 8.42. The van der Waals surface area contributed by atoms with Crippen LogP contribution in [0.5, 0.6) is 0 Å². The molecule has 0 spiro atoms. The van der Waals surface area contributed by atoms with Crippen molar-refractivity contribution in [3.63, 3.8) is 0 Å². The normalized spacial score (nSPS) is 17.6. The van der Waals surface area contributed by atoms with Crippen LogP contribution in [0.1, 0.15) is 36.3 Å².